The smallest absolute Gasteiger partial charge is 0.252 e. The predicted octanol–water partition coefficient (Wildman–Crippen LogP) is 3.17. The van der Waals surface area contributed by atoms with Crippen LogP contribution in [0, 0.1) is 19.8 Å². The summed E-state index contributed by atoms with van der Waals surface area (Å²) in [6, 6.07) is 8.64. The van der Waals surface area contributed by atoms with Crippen LogP contribution in [0.3, 0.4) is 0 Å². The number of benzene rings is 1. The largest absolute Gasteiger partial charge is 0.422 e. The van der Waals surface area contributed by atoms with Crippen LogP contribution in [0.2, 0.25) is 0 Å². The number of fused-ring (bicyclic) bond motifs is 1. The summed E-state index contributed by atoms with van der Waals surface area (Å²) in [5.74, 6) is 1.99. The van der Waals surface area contributed by atoms with Gasteiger partial charge in [-0.25, -0.2) is 9.97 Å². The second kappa shape index (κ2) is 6.80. The molecule has 0 spiro atoms. The van der Waals surface area contributed by atoms with Crippen LogP contribution < -0.4 is 5.32 Å². The van der Waals surface area contributed by atoms with Crippen molar-refractivity contribution < 1.29 is 4.42 Å². The minimum absolute atomic E-state index is 0.544. The summed E-state index contributed by atoms with van der Waals surface area (Å²) in [5.41, 5.74) is 4.05. The van der Waals surface area contributed by atoms with Crippen molar-refractivity contribution in [3.05, 3.63) is 47.6 Å². The Morgan fingerprint density at radius 3 is 3.00 bits per heavy atom. The summed E-state index contributed by atoms with van der Waals surface area (Å²) < 4.78 is 5.46. The van der Waals surface area contributed by atoms with E-state index in [9.17, 15) is 0 Å². The lowest BCUT2D eigenvalue weighted by Crippen LogP contribution is -2.23. The lowest BCUT2D eigenvalue weighted by Gasteiger charge is -2.17. The van der Waals surface area contributed by atoms with E-state index in [1.165, 1.54) is 23.9 Å². The molecule has 1 fully saturated rings. The first-order valence-corrected chi connectivity index (χ1v) is 8.78. The topological polar surface area (TPSA) is 67.1 Å². The first-order valence-electron chi connectivity index (χ1n) is 8.78. The summed E-state index contributed by atoms with van der Waals surface area (Å²) in [5, 5.41) is 3.44. The number of hydrogen-bond acceptors (Lipinski definition) is 6. The minimum Gasteiger partial charge on any atom is -0.422 e. The van der Waals surface area contributed by atoms with Crippen LogP contribution in [0.25, 0.3) is 11.2 Å². The molecule has 130 valence electrons. The molecule has 0 amide bonds. The Hall–Kier alpha value is -2.47. The van der Waals surface area contributed by atoms with Gasteiger partial charge in [-0.3, -0.25) is 4.90 Å². The van der Waals surface area contributed by atoms with Gasteiger partial charge < -0.3 is 9.73 Å². The zero-order valence-corrected chi connectivity index (χ0v) is 14.7. The summed E-state index contributed by atoms with van der Waals surface area (Å²) in [6.07, 6.45) is 2.72. The molecule has 0 bridgehead atoms. The molecule has 0 saturated carbocycles. The second-order valence-corrected chi connectivity index (χ2v) is 6.81. The Kier molecular flexibility index (Phi) is 4.36. The van der Waals surface area contributed by atoms with Crippen LogP contribution in [0.4, 0.5) is 5.82 Å². The zero-order chi connectivity index (χ0) is 17.2. The number of aryl methyl sites for hydroxylation is 2. The van der Waals surface area contributed by atoms with Gasteiger partial charge >= 0.3 is 0 Å². The molecule has 1 aliphatic rings. The number of nitrogens with zero attached hydrogens (tertiary/aromatic N) is 4. The van der Waals surface area contributed by atoms with Gasteiger partial charge in [0.25, 0.3) is 5.71 Å². The third-order valence-electron chi connectivity index (χ3n) is 4.89. The molecule has 4 rings (SSSR count). The highest BCUT2D eigenvalue weighted by molar-refractivity contribution is 5.80. The monoisotopic (exact) mass is 337 g/mol. The van der Waals surface area contributed by atoms with Crippen LogP contribution in [0.15, 0.2) is 35.0 Å². The number of hydrogen-bond donors (Lipinski definition) is 1. The van der Waals surface area contributed by atoms with E-state index in [-0.39, 0.29) is 0 Å². The number of rotatable bonds is 5. The number of oxazole rings is 1. The average Bonchev–Trinajstić information content (AvgIpc) is 3.20. The van der Waals surface area contributed by atoms with E-state index in [2.05, 4.69) is 56.4 Å². The van der Waals surface area contributed by atoms with Gasteiger partial charge in [-0.05, 0) is 36.9 Å². The molecule has 0 radical (unpaired) electrons. The standard InChI is InChI=1S/C19H23N5O/c1-13-5-3-4-6-16(13)11-24-8-7-15(10-24)9-20-18-17-19(22-12-21-18)25-14(2)23-17/h3-6,12,15H,7-11H2,1-2H3,(H,20,21,22)/t15-/m0/s1. The van der Waals surface area contributed by atoms with Crippen molar-refractivity contribution in [3.8, 4) is 0 Å². The quantitative estimate of drug-likeness (QED) is 0.771. The van der Waals surface area contributed by atoms with E-state index < -0.39 is 0 Å². The SMILES string of the molecule is Cc1nc2c(NC[C@@H]3CCN(Cc4ccccc4C)C3)ncnc2o1. The van der Waals surface area contributed by atoms with Crippen LogP contribution >= 0.6 is 0 Å². The normalized spacial score (nSPS) is 18.1. The number of nitrogens with one attached hydrogen (secondary N) is 1. The maximum atomic E-state index is 5.46. The lowest BCUT2D eigenvalue weighted by molar-refractivity contribution is 0.318. The van der Waals surface area contributed by atoms with Crippen molar-refractivity contribution in [2.45, 2.75) is 26.8 Å². The lowest BCUT2D eigenvalue weighted by atomic mass is 10.1. The molecule has 1 N–H and O–H groups in total. The van der Waals surface area contributed by atoms with E-state index in [1.807, 2.05) is 6.92 Å². The molecule has 25 heavy (non-hydrogen) atoms. The first-order chi connectivity index (χ1) is 12.2. The van der Waals surface area contributed by atoms with Gasteiger partial charge in [0.1, 0.15) is 6.33 Å². The maximum absolute atomic E-state index is 5.46. The van der Waals surface area contributed by atoms with Gasteiger partial charge in [-0.2, -0.15) is 4.98 Å². The second-order valence-electron chi connectivity index (χ2n) is 6.81. The molecular weight excluding hydrogens is 314 g/mol. The van der Waals surface area contributed by atoms with Crippen molar-refractivity contribution in [2.75, 3.05) is 25.0 Å². The van der Waals surface area contributed by atoms with Crippen LogP contribution in [-0.2, 0) is 6.54 Å². The third kappa shape index (κ3) is 3.49. The first kappa shape index (κ1) is 16.0. The molecule has 0 unspecified atom stereocenters. The van der Waals surface area contributed by atoms with Crippen molar-refractivity contribution >= 4 is 17.0 Å². The van der Waals surface area contributed by atoms with E-state index in [1.54, 1.807) is 0 Å². The predicted molar refractivity (Wildman–Crippen MR) is 97.4 cm³/mol. The van der Waals surface area contributed by atoms with E-state index >= 15 is 0 Å². The summed E-state index contributed by atoms with van der Waals surface area (Å²) in [7, 11) is 0. The fourth-order valence-electron chi connectivity index (χ4n) is 3.48. The average molecular weight is 337 g/mol. The maximum Gasteiger partial charge on any atom is 0.252 e. The molecule has 3 aromatic rings. The fourth-order valence-corrected chi connectivity index (χ4v) is 3.48. The van der Waals surface area contributed by atoms with Crippen molar-refractivity contribution in [1.29, 1.82) is 0 Å². The zero-order valence-electron chi connectivity index (χ0n) is 14.7. The van der Waals surface area contributed by atoms with Gasteiger partial charge in [0.05, 0.1) is 0 Å². The minimum atomic E-state index is 0.544. The molecular formula is C19H23N5O. The van der Waals surface area contributed by atoms with Gasteiger partial charge in [0.15, 0.2) is 17.2 Å². The third-order valence-corrected chi connectivity index (χ3v) is 4.89. The molecule has 2 aromatic heterocycles. The molecule has 1 saturated heterocycles. The van der Waals surface area contributed by atoms with E-state index in [4.69, 9.17) is 4.42 Å². The molecule has 1 aliphatic heterocycles. The highest BCUT2D eigenvalue weighted by Crippen LogP contribution is 2.23. The molecule has 3 heterocycles. The number of aromatic nitrogens is 3. The van der Waals surface area contributed by atoms with Crippen LogP contribution in [0.5, 0.6) is 0 Å². The van der Waals surface area contributed by atoms with Gasteiger partial charge in [0.2, 0.25) is 0 Å². The fraction of sp³-hybridized carbons (Fsp3) is 0.421. The van der Waals surface area contributed by atoms with Crippen LogP contribution in [-0.4, -0.2) is 39.5 Å². The molecule has 6 heteroatoms. The summed E-state index contributed by atoms with van der Waals surface area (Å²) >= 11 is 0. The van der Waals surface area contributed by atoms with Gasteiger partial charge in [-0.15, -0.1) is 0 Å². The van der Waals surface area contributed by atoms with Gasteiger partial charge in [-0.1, -0.05) is 24.3 Å². The Morgan fingerprint density at radius 2 is 2.12 bits per heavy atom. The van der Waals surface area contributed by atoms with Crippen molar-refractivity contribution in [2.24, 2.45) is 5.92 Å². The highest BCUT2D eigenvalue weighted by atomic mass is 16.4. The number of anilines is 1. The Bertz CT molecular complexity index is 875. The molecule has 1 atom stereocenters. The number of likely N-dealkylation sites (tertiary alicyclic amines) is 1. The highest BCUT2D eigenvalue weighted by Gasteiger charge is 2.23. The molecule has 6 nitrogen and oxygen atoms in total. The van der Waals surface area contributed by atoms with Crippen molar-refractivity contribution in [1.82, 2.24) is 19.9 Å². The van der Waals surface area contributed by atoms with Crippen molar-refractivity contribution in [3.63, 3.8) is 0 Å². The summed E-state index contributed by atoms with van der Waals surface area (Å²) in [6.45, 7) is 8.18. The van der Waals surface area contributed by atoms with E-state index in [0.29, 0.717) is 17.5 Å². The Balaban J connectivity index is 1.36. The van der Waals surface area contributed by atoms with E-state index in [0.717, 1.165) is 37.5 Å². The molecule has 0 aliphatic carbocycles. The Morgan fingerprint density at radius 1 is 1.24 bits per heavy atom. The summed E-state index contributed by atoms with van der Waals surface area (Å²) in [4.78, 5) is 15.3. The Labute approximate surface area is 147 Å². The van der Waals surface area contributed by atoms with Crippen LogP contribution in [0.1, 0.15) is 23.4 Å². The van der Waals surface area contributed by atoms with Gasteiger partial charge in [0, 0.05) is 26.6 Å². The molecule has 1 aromatic carbocycles.